The molecule has 0 spiro atoms. The Morgan fingerprint density at radius 3 is 2.37 bits per heavy atom. The molecule has 1 aliphatic carbocycles. The van der Waals surface area contributed by atoms with Crippen LogP contribution >= 0.6 is 7.14 Å². The van der Waals surface area contributed by atoms with E-state index >= 15 is 9.18 Å². The summed E-state index contributed by atoms with van der Waals surface area (Å²) in [7, 11) is -0.878. The molecule has 10 rings (SSSR count). The number of hydrogen-bond donors (Lipinski definition) is 2. The second-order valence-electron chi connectivity index (χ2n) is 17.7. The number of nitrogens with zero attached hydrogens (tertiary/aromatic N) is 6. The summed E-state index contributed by atoms with van der Waals surface area (Å²) < 4.78 is 51.2. The predicted octanol–water partition coefficient (Wildman–Crippen LogP) is 7.93. The van der Waals surface area contributed by atoms with E-state index < -0.39 is 30.0 Å². The minimum atomic E-state index is -2.65. The maximum absolute atomic E-state index is 15.3. The summed E-state index contributed by atoms with van der Waals surface area (Å²) in [6.45, 7) is 11.1. The largest absolute Gasteiger partial charge is 0.451 e. The first-order chi connectivity index (χ1) is 31.3. The van der Waals surface area contributed by atoms with Crippen LogP contribution in [0.2, 0.25) is 0 Å². The third kappa shape index (κ3) is 6.86. The van der Waals surface area contributed by atoms with Crippen LogP contribution in [0.25, 0.3) is 33.6 Å². The highest BCUT2D eigenvalue weighted by Gasteiger charge is 2.54. The van der Waals surface area contributed by atoms with E-state index in [2.05, 4.69) is 21.5 Å². The zero-order chi connectivity index (χ0) is 45.5. The number of imidazole rings is 1. The van der Waals surface area contributed by atoms with E-state index in [9.17, 15) is 14.2 Å². The molecular weight excluding hydrogens is 851 g/mol. The Morgan fingerprint density at radius 1 is 0.985 bits per heavy atom. The lowest BCUT2D eigenvalue weighted by Crippen LogP contribution is -2.42. The van der Waals surface area contributed by atoms with Crippen molar-refractivity contribution >= 4 is 35.0 Å². The molecule has 6 heterocycles. The molecule has 3 aromatic carbocycles. The monoisotopic (exact) mass is 902 g/mol. The van der Waals surface area contributed by atoms with Gasteiger partial charge in [0.05, 0.1) is 29.4 Å². The second-order valence-corrected chi connectivity index (χ2v) is 21.2. The topological polar surface area (TPSA) is 175 Å². The van der Waals surface area contributed by atoms with Crippen molar-refractivity contribution in [1.29, 1.82) is 0 Å². The third-order valence-corrected chi connectivity index (χ3v) is 17.4. The number of halogens is 1. The van der Waals surface area contributed by atoms with Crippen LogP contribution in [0.5, 0.6) is 0 Å². The van der Waals surface area contributed by atoms with Crippen LogP contribution in [0.3, 0.4) is 0 Å². The number of furan rings is 1. The summed E-state index contributed by atoms with van der Waals surface area (Å²) in [5.74, 6) is -0.571. The summed E-state index contributed by atoms with van der Waals surface area (Å²) in [5.41, 5.74) is 5.41. The van der Waals surface area contributed by atoms with Crippen molar-refractivity contribution in [3.63, 3.8) is 0 Å². The third-order valence-electron chi connectivity index (χ3n) is 14.1. The summed E-state index contributed by atoms with van der Waals surface area (Å²) in [6, 6.07) is 14.4. The van der Waals surface area contributed by atoms with Crippen molar-refractivity contribution in [3.05, 3.63) is 127 Å². The molecule has 0 radical (unpaired) electrons. The van der Waals surface area contributed by atoms with Crippen LogP contribution in [0.4, 0.5) is 10.1 Å². The Labute approximate surface area is 373 Å². The number of benzene rings is 3. The van der Waals surface area contributed by atoms with E-state index in [0.29, 0.717) is 107 Å². The van der Waals surface area contributed by atoms with Gasteiger partial charge in [-0.2, -0.15) is 5.10 Å². The molecule has 65 heavy (non-hydrogen) atoms. The lowest BCUT2D eigenvalue weighted by molar-refractivity contribution is 0.0604. The van der Waals surface area contributed by atoms with Gasteiger partial charge in [-0.05, 0) is 105 Å². The molecule has 1 saturated heterocycles. The van der Waals surface area contributed by atoms with Gasteiger partial charge in [0.15, 0.2) is 11.6 Å². The normalized spacial score (nSPS) is 17.5. The summed E-state index contributed by atoms with van der Waals surface area (Å²) in [5, 5.41) is 13.9. The van der Waals surface area contributed by atoms with Crippen molar-refractivity contribution in [1.82, 2.24) is 34.0 Å². The Balaban J connectivity index is 1.10. The highest BCUT2D eigenvalue weighted by Crippen LogP contribution is 2.56. The van der Waals surface area contributed by atoms with Crippen molar-refractivity contribution in [3.8, 4) is 22.6 Å². The number of anilines is 1. The summed E-state index contributed by atoms with van der Waals surface area (Å²) in [6.07, 6.45) is 7.39. The van der Waals surface area contributed by atoms with Crippen LogP contribution < -0.4 is 22.1 Å². The van der Waals surface area contributed by atoms with Gasteiger partial charge < -0.3 is 23.9 Å². The van der Waals surface area contributed by atoms with Crippen molar-refractivity contribution in [2.45, 2.75) is 84.2 Å². The minimum absolute atomic E-state index is 0.152. The van der Waals surface area contributed by atoms with Crippen LogP contribution in [-0.4, -0.2) is 79.0 Å². The summed E-state index contributed by atoms with van der Waals surface area (Å²) >= 11 is 0. The average Bonchev–Trinajstić information content (AvgIpc) is 3.60. The van der Waals surface area contributed by atoms with Crippen molar-refractivity contribution in [2.24, 2.45) is 0 Å². The van der Waals surface area contributed by atoms with E-state index in [1.54, 1.807) is 50.3 Å². The fraction of sp³-hybridized carbons (Fsp3) is 0.396. The van der Waals surface area contributed by atoms with E-state index in [1.165, 1.54) is 9.13 Å². The minimum Gasteiger partial charge on any atom is -0.451 e. The van der Waals surface area contributed by atoms with Gasteiger partial charge in [0, 0.05) is 79.0 Å². The molecule has 4 aromatic heterocycles. The maximum Gasteiger partial charge on any atom is 0.438 e. The first kappa shape index (κ1) is 42.7. The zero-order valence-corrected chi connectivity index (χ0v) is 38.3. The molecule has 0 bridgehead atoms. The van der Waals surface area contributed by atoms with Crippen LogP contribution in [0.15, 0.2) is 79.5 Å². The van der Waals surface area contributed by atoms with Crippen LogP contribution in [0.1, 0.15) is 103 Å². The number of carbonyl (C=O) groups excluding carboxylic acids is 1. The fourth-order valence-corrected chi connectivity index (χ4v) is 12.3. The number of amides is 1. The zero-order valence-electron chi connectivity index (χ0n) is 37.4. The quantitative estimate of drug-likeness (QED) is 0.121. The molecule has 15 nitrogen and oxygen atoms in total. The molecule has 1 atom stereocenters. The van der Waals surface area contributed by atoms with Gasteiger partial charge in [0.25, 0.3) is 5.91 Å². The van der Waals surface area contributed by atoms with Gasteiger partial charge in [-0.3, -0.25) is 28.1 Å². The number of H-pyrrole nitrogens is 1. The highest BCUT2D eigenvalue weighted by atomic mass is 31.2. The highest BCUT2D eigenvalue weighted by molar-refractivity contribution is 7.71. The van der Waals surface area contributed by atoms with E-state index in [4.69, 9.17) is 18.8 Å². The van der Waals surface area contributed by atoms with Gasteiger partial charge in [-0.25, -0.2) is 14.0 Å². The van der Waals surface area contributed by atoms with Gasteiger partial charge in [0.1, 0.15) is 29.9 Å². The number of aromatic amines is 1. The number of hydrogen-bond acceptors (Lipinski definition) is 10. The Kier molecular flexibility index (Phi) is 10.5. The SMILES string of the molecule is CCP(=O)(CC)c1ccc(-n2ccn(-c3c(-c4cc(C)c(F)c(C)c4)nn4c3[C@H](C)N(C(=O)c3oc5cc(C6CCOCC6)ccc5c3C3(c5noc(=O)[nH]5)CC3)CC4)c2=O)cc1NC. The molecule has 2 N–H and O–H groups in total. The maximum atomic E-state index is 15.3. The number of ether oxygens (including phenoxy) is 1. The summed E-state index contributed by atoms with van der Waals surface area (Å²) in [4.78, 5) is 47.0. The molecule has 7 aromatic rings. The molecule has 3 aliphatic rings. The second kappa shape index (κ2) is 16.0. The first-order valence-corrected chi connectivity index (χ1v) is 24.5. The van der Waals surface area contributed by atoms with Crippen LogP contribution in [-0.2, 0) is 21.3 Å². The lowest BCUT2D eigenvalue weighted by atomic mass is 9.88. The smallest absolute Gasteiger partial charge is 0.438 e. The first-order valence-electron chi connectivity index (χ1n) is 22.4. The molecule has 338 valence electrons. The Morgan fingerprint density at radius 2 is 1.71 bits per heavy atom. The number of carbonyl (C=O) groups is 1. The fourth-order valence-electron chi connectivity index (χ4n) is 10.2. The number of fused-ring (bicyclic) bond motifs is 2. The lowest BCUT2D eigenvalue weighted by Gasteiger charge is -2.34. The van der Waals surface area contributed by atoms with Gasteiger partial charge in [-0.15, -0.1) is 0 Å². The van der Waals surface area contributed by atoms with E-state index in [1.807, 2.05) is 55.8 Å². The standard InChI is InChI=1S/C48H52FN8O7P/c1-7-65(61,8-2)37-12-10-33(26-35(37)50-6)55-17-18-56(47(55)60)42-40(32-23-27(3)39(49)28(4)24-32)52-57-20-19-54(29(5)41(42)57)44(58)43-38(48(15-16-48)45-51-46(59)64-53-45)34-11-9-31(25-36(34)63-43)30-13-21-62-22-14-30/h9-12,17-18,23-26,29-30,50H,7-8,13-16,19-22H2,1-6H3,(H,51,53,59)/t29-/m0/s1. The predicted molar refractivity (Wildman–Crippen MR) is 245 cm³/mol. The van der Waals surface area contributed by atoms with Crippen molar-refractivity contribution in [2.75, 3.05) is 44.4 Å². The molecule has 1 amide bonds. The van der Waals surface area contributed by atoms with Gasteiger partial charge in [-0.1, -0.05) is 31.1 Å². The van der Waals surface area contributed by atoms with Gasteiger partial charge in [0.2, 0.25) is 0 Å². The average molecular weight is 903 g/mol. The number of aromatic nitrogens is 6. The Bertz CT molecular complexity index is 3170. The number of aryl methyl sites for hydroxylation is 2. The van der Waals surface area contributed by atoms with E-state index in [0.717, 1.165) is 29.1 Å². The van der Waals surface area contributed by atoms with E-state index in [-0.39, 0.29) is 29.9 Å². The molecule has 2 aliphatic heterocycles. The molecule has 1 saturated carbocycles. The Hall–Kier alpha value is -6.25. The molecule has 0 unspecified atom stereocenters. The van der Waals surface area contributed by atoms with Crippen LogP contribution in [0, 0.1) is 19.7 Å². The number of rotatable bonds is 11. The molecule has 17 heteroatoms. The van der Waals surface area contributed by atoms with Crippen molar-refractivity contribution < 1.29 is 27.4 Å². The molecule has 2 fully saturated rings. The van der Waals surface area contributed by atoms with Gasteiger partial charge >= 0.3 is 11.4 Å². The molecular formula is C48H52FN8O7P. The number of nitrogens with one attached hydrogen (secondary N) is 2.